The number of aromatic nitrogens is 2. The van der Waals surface area contributed by atoms with Gasteiger partial charge in [-0.25, -0.2) is 13.5 Å². The van der Waals surface area contributed by atoms with Gasteiger partial charge in [0.2, 0.25) is 0 Å². The van der Waals surface area contributed by atoms with E-state index in [0.717, 1.165) is 28.9 Å². The molecule has 7 heteroatoms. The van der Waals surface area contributed by atoms with Gasteiger partial charge in [-0.15, -0.1) is 0 Å². The number of nitrogens with zero attached hydrogens (tertiary/aromatic N) is 3. The minimum Gasteiger partial charge on any atom is -0.450 e. The van der Waals surface area contributed by atoms with Crippen LogP contribution in [-0.4, -0.2) is 21.0 Å². The van der Waals surface area contributed by atoms with Crippen molar-refractivity contribution in [2.75, 3.05) is 0 Å². The number of carbonyl (C=O) groups excluding carboxylic acids is 1. The highest BCUT2D eigenvalue weighted by Gasteiger charge is 2.27. The number of carbonyl (C=O) groups is 1. The summed E-state index contributed by atoms with van der Waals surface area (Å²) in [6, 6.07) is 17.2. The van der Waals surface area contributed by atoms with Gasteiger partial charge in [0.1, 0.15) is 12.0 Å². The predicted octanol–water partition coefficient (Wildman–Crippen LogP) is 5.74. The average Bonchev–Trinajstić information content (AvgIpc) is 3.46. The van der Waals surface area contributed by atoms with Crippen LogP contribution in [0.3, 0.4) is 0 Å². The van der Waals surface area contributed by atoms with Crippen LogP contribution in [0.1, 0.15) is 27.0 Å². The number of halogens is 2. The second-order valence-corrected chi connectivity index (χ2v) is 7.74. The van der Waals surface area contributed by atoms with E-state index in [-0.39, 0.29) is 5.56 Å². The van der Waals surface area contributed by atoms with Gasteiger partial charge in [0.15, 0.2) is 17.4 Å². The molecule has 0 saturated heterocycles. The second-order valence-electron chi connectivity index (χ2n) is 7.74. The van der Waals surface area contributed by atoms with Crippen molar-refractivity contribution in [3.63, 3.8) is 0 Å². The molecule has 164 valence electrons. The zero-order valence-corrected chi connectivity index (χ0v) is 17.5. The maximum absolute atomic E-state index is 14.4. The molecule has 0 unspecified atom stereocenters. The van der Waals surface area contributed by atoms with Crippen molar-refractivity contribution < 1.29 is 18.3 Å². The third kappa shape index (κ3) is 3.89. The molecule has 1 aliphatic heterocycles. The largest absolute Gasteiger partial charge is 0.450 e. The summed E-state index contributed by atoms with van der Waals surface area (Å²) in [4.78, 5) is 12.9. The summed E-state index contributed by atoms with van der Waals surface area (Å²) in [6.45, 7) is 5.42. The Morgan fingerprint density at radius 3 is 2.48 bits per heavy atom. The first-order valence-corrected chi connectivity index (χ1v) is 10.3. The van der Waals surface area contributed by atoms with Gasteiger partial charge in [0.25, 0.3) is 0 Å². The summed E-state index contributed by atoms with van der Waals surface area (Å²) in [5, 5.41) is 4.23. The topological polar surface area (TPSA) is 47.4 Å². The second kappa shape index (κ2) is 8.35. The lowest BCUT2D eigenvalue weighted by Crippen LogP contribution is -2.14. The van der Waals surface area contributed by atoms with Crippen molar-refractivity contribution in [2.24, 2.45) is 0 Å². The fourth-order valence-corrected chi connectivity index (χ4v) is 3.98. The summed E-state index contributed by atoms with van der Waals surface area (Å²) in [6.07, 6.45) is 4.00. The van der Waals surface area contributed by atoms with Crippen LogP contribution < -0.4 is 4.74 Å². The molecule has 0 radical (unpaired) electrons. The molecule has 0 atom stereocenters. The molecular weight excluding hydrogens is 424 g/mol. The van der Waals surface area contributed by atoms with Crippen LogP contribution >= 0.6 is 0 Å². The van der Waals surface area contributed by atoms with Crippen LogP contribution in [-0.2, 0) is 13.1 Å². The van der Waals surface area contributed by atoms with Crippen molar-refractivity contribution >= 4 is 12.0 Å². The fourth-order valence-electron chi connectivity index (χ4n) is 3.98. The van der Waals surface area contributed by atoms with E-state index in [1.807, 2.05) is 42.6 Å². The zero-order valence-electron chi connectivity index (χ0n) is 17.5. The molecule has 33 heavy (non-hydrogen) atoms. The van der Waals surface area contributed by atoms with E-state index in [1.165, 1.54) is 0 Å². The summed E-state index contributed by atoms with van der Waals surface area (Å²) in [5.41, 5.74) is 4.34. The Balaban J connectivity index is 1.37. The predicted molar refractivity (Wildman–Crippen MR) is 120 cm³/mol. The molecular formula is C26H19F2N3O2. The molecule has 2 heterocycles. The summed E-state index contributed by atoms with van der Waals surface area (Å²) >= 11 is 0. The first-order chi connectivity index (χ1) is 16.0. The Morgan fingerprint density at radius 1 is 1.06 bits per heavy atom. The number of hydrogen-bond donors (Lipinski definition) is 0. The Bertz CT molecular complexity index is 1330. The fraction of sp³-hybridized carbons (Fsp3) is 0.0769. The molecule has 4 aromatic rings. The van der Waals surface area contributed by atoms with Crippen molar-refractivity contribution in [1.82, 2.24) is 14.7 Å². The molecule has 0 fully saturated rings. The maximum atomic E-state index is 14.4. The van der Waals surface area contributed by atoms with E-state index in [0.29, 0.717) is 36.4 Å². The highest BCUT2D eigenvalue weighted by atomic mass is 19.1. The van der Waals surface area contributed by atoms with Crippen LogP contribution in [0.5, 0.6) is 11.5 Å². The molecule has 0 N–H and O–H groups in total. The number of ether oxygens (including phenoxy) is 1. The molecule has 5 rings (SSSR count). The van der Waals surface area contributed by atoms with Crippen LogP contribution in [0.25, 0.3) is 11.4 Å². The van der Waals surface area contributed by atoms with E-state index in [2.05, 4.69) is 16.6 Å². The first kappa shape index (κ1) is 20.6. The molecule has 5 nitrogen and oxygen atoms in total. The van der Waals surface area contributed by atoms with Gasteiger partial charge in [-0.3, -0.25) is 4.79 Å². The molecule has 3 aromatic carbocycles. The Kier molecular flexibility index (Phi) is 5.22. The van der Waals surface area contributed by atoms with E-state index < -0.39 is 17.4 Å². The number of aldehydes is 1. The standard InChI is InChI=1S/C26H19F2N3O2/c1-17-25-20(4-2-5-24(25)33-26-22(27)12-19(16-32)13-23(26)28)15-30(17)14-18-6-8-21(9-7-18)31-11-3-10-29-31/h2-13,16H,1,14-15H2. The van der Waals surface area contributed by atoms with Crippen molar-refractivity contribution in [3.8, 4) is 17.2 Å². The Labute approximate surface area is 189 Å². The van der Waals surface area contributed by atoms with Crippen LogP contribution in [0.2, 0.25) is 0 Å². The van der Waals surface area contributed by atoms with Gasteiger partial charge < -0.3 is 9.64 Å². The monoisotopic (exact) mass is 443 g/mol. The van der Waals surface area contributed by atoms with E-state index in [1.54, 1.807) is 23.0 Å². The molecule has 0 saturated carbocycles. The number of hydrogen-bond acceptors (Lipinski definition) is 4. The number of rotatable bonds is 6. The summed E-state index contributed by atoms with van der Waals surface area (Å²) in [7, 11) is 0. The van der Waals surface area contributed by atoms with Crippen LogP contribution in [0.15, 0.2) is 79.6 Å². The van der Waals surface area contributed by atoms with Gasteiger partial charge in [-0.05, 0) is 47.5 Å². The van der Waals surface area contributed by atoms with Gasteiger partial charge in [0, 0.05) is 42.3 Å². The number of fused-ring (bicyclic) bond motifs is 1. The smallest absolute Gasteiger partial charge is 0.198 e. The van der Waals surface area contributed by atoms with Crippen LogP contribution in [0, 0.1) is 11.6 Å². The molecule has 0 bridgehead atoms. The van der Waals surface area contributed by atoms with Crippen molar-refractivity contribution in [1.29, 1.82) is 0 Å². The van der Waals surface area contributed by atoms with Gasteiger partial charge >= 0.3 is 0 Å². The summed E-state index contributed by atoms with van der Waals surface area (Å²) < 4.78 is 36.2. The third-order valence-corrected chi connectivity index (χ3v) is 5.59. The molecule has 1 aliphatic rings. The Hall–Kier alpha value is -4.26. The lowest BCUT2D eigenvalue weighted by atomic mass is 10.1. The Morgan fingerprint density at radius 2 is 1.82 bits per heavy atom. The normalized spacial score (nSPS) is 12.7. The first-order valence-electron chi connectivity index (χ1n) is 10.3. The van der Waals surface area contributed by atoms with Gasteiger partial charge in [-0.2, -0.15) is 5.10 Å². The summed E-state index contributed by atoms with van der Waals surface area (Å²) in [5.74, 6) is -2.11. The number of benzene rings is 3. The molecule has 0 aliphatic carbocycles. The highest BCUT2D eigenvalue weighted by Crippen LogP contribution is 2.41. The molecule has 1 aromatic heterocycles. The lowest BCUT2D eigenvalue weighted by Gasteiger charge is -2.20. The van der Waals surface area contributed by atoms with E-state index in [4.69, 9.17) is 4.74 Å². The highest BCUT2D eigenvalue weighted by molar-refractivity contribution is 5.76. The van der Waals surface area contributed by atoms with E-state index >= 15 is 0 Å². The minimum absolute atomic E-state index is 0.0928. The molecule has 0 spiro atoms. The zero-order chi connectivity index (χ0) is 22.9. The minimum atomic E-state index is -0.938. The quantitative estimate of drug-likeness (QED) is 0.357. The van der Waals surface area contributed by atoms with Crippen molar-refractivity contribution in [2.45, 2.75) is 13.1 Å². The molecule has 0 amide bonds. The third-order valence-electron chi connectivity index (χ3n) is 5.59. The van der Waals surface area contributed by atoms with Gasteiger partial charge in [-0.1, -0.05) is 30.8 Å². The van der Waals surface area contributed by atoms with Crippen LogP contribution in [0.4, 0.5) is 8.78 Å². The van der Waals surface area contributed by atoms with Gasteiger partial charge in [0.05, 0.1) is 5.69 Å². The van der Waals surface area contributed by atoms with E-state index in [9.17, 15) is 13.6 Å². The SMILES string of the molecule is C=C1c2c(cccc2Oc2c(F)cc(C=O)cc2F)CN1Cc1ccc(-n2cccn2)cc1. The maximum Gasteiger partial charge on any atom is 0.198 e. The lowest BCUT2D eigenvalue weighted by molar-refractivity contribution is 0.112. The average molecular weight is 443 g/mol. The van der Waals surface area contributed by atoms with Crippen molar-refractivity contribution in [3.05, 3.63) is 114 Å².